The highest BCUT2D eigenvalue weighted by molar-refractivity contribution is 5.81. The molecule has 0 aromatic carbocycles. The minimum absolute atomic E-state index is 0.200. The Labute approximate surface area is 99.0 Å². The molecule has 0 aliphatic heterocycles. The summed E-state index contributed by atoms with van der Waals surface area (Å²) in [4.78, 5) is 22.1. The van der Waals surface area contributed by atoms with Gasteiger partial charge in [-0.15, -0.1) is 0 Å². The van der Waals surface area contributed by atoms with Crippen molar-refractivity contribution in [2.24, 2.45) is 0 Å². The largest absolute Gasteiger partial charge is 0.463 e. The SMILES string of the molecule is CC(O)COC(=O)CC(O)C(=O)OCC(C)O. The maximum Gasteiger partial charge on any atom is 0.335 e. The van der Waals surface area contributed by atoms with Crippen LogP contribution in [-0.2, 0) is 19.1 Å². The van der Waals surface area contributed by atoms with E-state index in [4.69, 9.17) is 10.2 Å². The third-order valence-electron chi connectivity index (χ3n) is 1.58. The normalized spacial score (nSPS) is 15.8. The molecule has 17 heavy (non-hydrogen) atoms. The van der Waals surface area contributed by atoms with E-state index in [1.165, 1.54) is 13.8 Å². The average molecular weight is 250 g/mol. The van der Waals surface area contributed by atoms with Gasteiger partial charge < -0.3 is 24.8 Å². The summed E-state index contributed by atoms with van der Waals surface area (Å²) in [6, 6.07) is 0. The molecule has 0 saturated heterocycles. The Kier molecular flexibility index (Phi) is 7.44. The van der Waals surface area contributed by atoms with Crippen LogP contribution in [0.1, 0.15) is 20.3 Å². The van der Waals surface area contributed by atoms with E-state index in [2.05, 4.69) is 9.47 Å². The molecule has 100 valence electrons. The van der Waals surface area contributed by atoms with Gasteiger partial charge in [0.15, 0.2) is 6.10 Å². The zero-order chi connectivity index (χ0) is 13.4. The maximum absolute atomic E-state index is 11.1. The molecule has 3 N–H and O–H groups in total. The summed E-state index contributed by atoms with van der Waals surface area (Å²) in [5.41, 5.74) is 0. The highest BCUT2D eigenvalue weighted by Gasteiger charge is 2.22. The van der Waals surface area contributed by atoms with Gasteiger partial charge in [0, 0.05) is 0 Å². The van der Waals surface area contributed by atoms with Gasteiger partial charge in [0.1, 0.15) is 13.2 Å². The summed E-state index contributed by atoms with van der Waals surface area (Å²) in [6.45, 7) is 2.39. The topological polar surface area (TPSA) is 113 Å². The number of aliphatic hydroxyl groups excluding tert-OH is 3. The van der Waals surface area contributed by atoms with Gasteiger partial charge in [-0.2, -0.15) is 0 Å². The Bertz CT molecular complexity index is 249. The van der Waals surface area contributed by atoms with Gasteiger partial charge in [0.05, 0.1) is 18.6 Å². The van der Waals surface area contributed by atoms with Crippen molar-refractivity contribution < 1.29 is 34.4 Å². The van der Waals surface area contributed by atoms with Crippen molar-refractivity contribution in [1.29, 1.82) is 0 Å². The van der Waals surface area contributed by atoms with Gasteiger partial charge in [0.25, 0.3) is 0 Å². The number of carbonyl (C=O) groups is 2. The third-order valence-corrected chi connectivity index (χ3v) is 1.58. The highest BCUT2D eigenvalue weighted by Crippen LogP contribution is 1.99. The number of esters is 2. The molecule has 0 saturated carbocycles. The van der Waals surface area contributed by atoms with E-state index in [0.29, 0.717) is 0 Å². The van der Waals surface area contributed by atoms with E-state index < -0.39 is 36.7 Å². The van der Waals surface area contributed by atoms with Crippen LogP contribution in [0.2, 0.25) is 0 Å². The predicted octanol–water partition coefficient (Wildman–Crippen LogP) is -1.41. The third kappa shape index (κ3) is 8.61. The number of aliphatic hydroxyl groups is 3. The maximum atomic E-state index is 11.1. The highest BCUT2D eigenvalue weighted by atomic mass is 16.6. The van der Waals surface area contributed by atoms with E-state index in [0.717, 1.165) is 0 Å². The van der Waals surface area contributed by atoms with Crippen molar-refractivity contribution in [3.05, 3.63) is 0 Å². The minimum Gasteiger partial charge on any atom is -0.463 e. The average Bonchev–Trinajstić information content (AvgIpc) is 2.22. The zero-order valence-corrected chi connectivity index (χ0v) is 9.83. The lowest BCUT2D eigenvalue weighted by Crippen LogP contribution is -2.29. The molecule has 0 fully saturated rings. The van der Waals surface area contributed by atoms with E-state index in [-0.39, 0.29) is 13.2 Å². The second-order valence-corrected chi connectivity index (χ2v) is 3.73. The number of rotatable bonds is 7. The van der Waals surface area contributed by atoms with E-state index in [1.807, 2.05) is 0 Å². The molecule has 0 aromatic heterocycles. The Hall–Kier alpha value is -1.18. The number of ether oxygens (including phenoxy) is 2. The lowest BCUT2D eigenvalue weighted by atomic mass is 10.2. The van der Waals surface area contributed by atoms with Gasteiger partial charge >= 0.3 is 11.9 Å². The van der Waals surface area contributed by atoms with Crippen LogP contribution in [0.3, 0.4) is 0 Å². The molecular formula is C10H18O7. The van der Waals surface area contributed by atoms with Crippen molar-refractivity contribution in [3.8, 4) is 0 Å². The number of hydrogen-bond acceptors (Lipinski definition) is 7. The quantitative estimate of drug-likeness (QED) is 0.475. The molecule has 0 spiro atoms. The number of hydrogen-bond donors (Lipinski definition) is 3. The molecule has 0 amide bonds. The van der Waals surface area contributed by atoms with Gasteiger partial charge in [-0.1, -0.05) is 0 Å². The molecule has 3 atom stereocenters. The molecule has 0 rings (SSSR count). The fourth-order valence-electron chi connectivity index (χ4n) is 0.813. The molecule has 7 heteroatoms. The van der Waals surface area contributed by atoms with Crippen LogP contribution in [0.5, 0.6) is 0 Å². The van der Waals surface area contributed by atoms with Crippen molar-refractivity contribution in [2.45, 2.75) is 38.6 Å². The summed E-state index contributed by atoms with van der Waals surface area (Å²) >= 11 is 0. The van der Waals surface area contributed by atoms with Gasteiger partial charge in [-0.3, -0.25) is 4.79 Å². The Morgan fingerprint density at radius 3 is 1.94 bits per heavy atom. The van der Waals surface area contributed by atoms with Gasteiger partial charge in [0.2, 0.25) is 0 Å². The van der Waals surface area contributed by atoms with Crippen LogP contribution in [0.15, 0.2) is 0 Å². The Balaban J connectivity index is 3.86. The molecule has 0 aliphatic carbocycles. The number of carbonyl (C=O) groups excluding carboxylic acids is 2. The molecule has 7 nitrogen and oxygen atoms in total. The summed E-state index contributed by atoms with van der Waals surface area (Å²) in [7, 11) is 0. The van der Waals surface area contributed by atoms with Crippen LogP contribution < -0.4 is 0 Å². The second kappa shape index (κ2) is 7.99. The standard InChI is InChI=1S/C10H18O7/c1-6(11)4-16-9(14)3-8(13)10(15)17-5-7(2)12/h6-8,11-13H,3-5H2,1-2H3. The van der Waals surface area contributed by atoms with E-state index >= 15 is 0 Å². The van der Waals surface area contributed by atoms with Crippen LogP contribution >= 0.6 is 0 Å². The molecule has 0 aromatic rings. The zero-order valence-electron chi connectivity index (χ0n) is 9.83. The summed E-state index contributed by atoms with van der Waals surface area (Å²) < 4.78 is 9.04. The van der Waals surface area contributed by atoms with Crippen molar-refractivity contribution >= 4 is 11.9 Å². The summed E-state index contributed by atoms with van der Waals surface area (Å²) in [5.74, 6) is -1.81. The van der Waals surface area contributed by atoms with Gasteiger partial charge in [-0.05, 0) is 13.8 Å². The summed E-state index contributed by atoms with van der Waals surface area (Å²) in [6.07, 6.45) is -3.83. The fourth-order valence-corrected chi connectivity index (χ4v) is 0.813. The minimum atomic E-state index is -1.63. The molecule has 0 heterocycles. The van der Waals surface area contributed by atoms with E-state index in [9.17, 15) is 14.7 Å². The molecular weight excluding hydrogens is 232 g/mol. The second-order valence-electron chi connectivity index (χ2n) is 3.73. The van der Waals surface area contributed by atoms with Crippen molar-refractivity contribution in [3.63, 3.8) is 0 Å². The van der Waals surface area contributed by atoms with Gasteiger partial charge in [-0.25, -0.2) is 4.79 Å². The van der Waals surface area contributed by atoms with E-state index in [1.54, 1.807) is 0 Å². The smallest absolute Gasteiger partial charge is 0.335 e. The molecule has 0 radical (unpaired) electrons. The first-order valence-electron chi connectivity index (χ1n) is 5.19. The van der Waals surface area contributed by atoms with Crippen LogP contribution in [0.4, 0.5) is 0 Å². The summed E-state index contributed by atoms with van der Waals surface area (Å²) in [5, 5.41) is 26.9. The van der Waals surface area contributed by atoms with Crippen molar-refractivity contribution in [1.82, 2.24) is 0 Å². The molecule has 0 aliphatic rings. The van der Waals surface area contributed by atoms with Crippen LogP contribution in [0.25, 0.3) is 0 Å². The van der Waals surface area contributed by atoms with Crippen LogP contribution in [-0.4, -0.2) is 58.8 Å². The first-order valence-corrected chi connectivity index (χ1v) is 5.19. The first kappa shape index (κ1) is 15.8. The molecule has 3 unspecified atom stereocenters. The predicted molar refractivity (Wildman–Crippen MR) is 55.9 cm³/mol. The molecule has 0 bridgehead atoms. The lowest BCUT2D eigenvalue weighted by Gasteiger charge is -2.12. The van der Waals surface area contributed by atoms with Crippen molar-refractivity contribution in [2.75, 3.05) is 13.2 Å². The Morgan fingerprint density at radius 2 is 1.47 bits per heavy atom. The fraction of sp³-hybridized carbons (Fsp3) is 0.800. The van der Waals surface area contributed by atoms with Crippen LogP contribution in [0, 0.1) is 0 Å². The first-order chi connectivity index (χ1) is 7.82. The Morgan fingerprint density at radius 1 is 1.00 bits per heavy atom. The lowest BCUT2D eigenvalue weighted by molar-refractivity contribution is -0.162. The monoisotopic (exact) mass is 250 g/mol.